The van der Waals surface area contributed by atoms with Gasteiger partial charge in [0.15, 0.2) is 0 Å². The zero-order chi connectivity index (χ0) is 22.8. The van der Waals surface area contributed by atoms with E-state index < -0.39 is 51.4 Å². The zero-order valence-electron chi connectivity index (χ0n) is 15.5. The Balaban J connectivity index is 1.75. The van der Waals surface area contributed by atoms with Crippen LogP contribution in [0.25, 0.3) is 0 Å². The van der Waals surface area contributed by atoms with E-state index in [4.69, 9.17) is 4.55 Å². The smallest absolute Gasteiger partial charge is 0.416 e. The third-order valence-corrected chi connectivity index (χ3v) is 6.62. The molecule has 0 spiro atoms. The summed E-state index contributed by atoms with van der Waals surface area (Å²) in [4.78, 5) is 12.7. The highest BCUT2D eigenvalue weighted by Gasteiger charge is 2.70. The molecule has 166 valence electrons. The maximum absolute atomic E-state index is 14.5. The molecule has 2 aromatic carbocycles. The Kier molecular flexibility index (Phi) is 4.89. The van der Waals surface area contributed by atoms with Gasteiger partial charge in [-0.3, -0.25) is 9.35 Å². The molecular formula is C20H15F5O5S. The van der Waals surface area contributed by atoms with Crippen LogP contribution in [0.1, 0.15) is 40.5 Å². The fourth-order valence-corrected chi connectivity index (χ4v) is 5.08. The fraction of sp³-hybridized carbons (Fsp3) is 0.350. The molecule has 0 saturated carbocycles. The molecule has 0 aliphatic heterocycles. The maximum Gasteiger partial charge on any atom is 0.464 e. The van der Waals surface area contributed by atoms with Gasteiger partial charge in [-0.1, -0.05) is 48.5 Å². The lowest BCUT2D eigenvalue weighted by Crippen LogP contribution is -2.56. The molecule has 0 saturated heterocycles. The standard InChI is InChI=1S/C20H15F5O5S/c21-18(31(27,28)29)19(22,20(23,24)25)30-17(26)15-9-14-10-5-1-3-7-12(10)16(15)13-8-4-2-6-11(13)14/h1-8,14-16,18H,9H2,(H,27,28,29). The van der Waals surface area contributed by atoms with Crippen LogP contribution in [-0.2, 0) is 19.6 Å². The van der Waals surface area contributed by atoms with Crippen molar-refractivity contribution in [3.05, 3.63) is 70.8 Å². The molecule has 5 nitrogen and oxygen atoms in total. The van der Waals surface area contributed by atoms with Crippen LogP contribution in [0.2, 0.25) is 0 Å². The van der Waals surface area contributed by atoms with Crippen molar-refractivity contribution in [2.24, 2.45) is 5.92 Å². The fourth-order valence-electron chi connectivity index (χ4n) is 4.51. The van der Waals surface area contributed by atoms with E-state index in [-0.39, 0.29) is 6.42 Å². The van der Waals surface area contributed by atoms with E-state index in [0.29, 0.717) is 11.1 Å². The average Bonchev–Trinajstić information content (AvgIpc) is 2.71. The molecule has 3 aliphatic carbocycles. The number of fused-ring (bicyclic) bond motifs is 1. The lowest BCUT2D eigenvalue weighted by molar-refractivity contribution is -0.332. The number of esters is 1. The minimum atomic E-state index is -6.25. The van der Waals surface area contributed by atoms with E-state index in [2.05, 4.69) is 4.74 Å². The molecule has 3 atom stereocenters. The summed E-state index contributed by atoms with van der Waals surface area (Å²) in [5.41, 5.74) is -1.55. The topological polar surface area (TPSA) is 80.7 Å². The Bertz CT molecular complexity index is 1100. The number of carbonyl (C=O) groups is 1. The van der Waals surface area contributed by atoms with Gasteiger partial charge >= 0.3 is 33.6 Å². The van der Waals surface area contributed by atoms with Gasteiger partial charge < -0.3 is 4.74 Å². The summed E-state index contributed by atoms with van der Waals surface area (Å²) >= 11 is 0. The summed E-state index contributed by atoms with van der Waals surface area (Å²) in [7, 11) is -6.17. The van der Waals surface area contributed by atoms with Gasteiger partial charge in [0.2, 0.25) is 0 Å². The highest BCUT2D eigenvalue weighted by atomic mass is 32.2. The van der Waals surface area contributed by atoms with Crippen LogP contribution in [0.3, 0.4) is 0 Å². The molecule has 0 fully saturated rings. The zero-order valence-corrected chi connectivity index (χ0v) is 16.3. The molecule has 0 amide bonds. The van der Waals surface area contributed by atoms with Crippen LogP contribution >= 0.6 is 0 Å². The summed E-state index contributed by atoms with van der Waals surface area (Å²) < 4.78 is 102. The Labute approximate surface area is 173 Å². The molecule has 5 rings (SSSR count). The normalized spacial score (nSPS) is 25.2. The van der Waals surface area contributed by atoms with Crippen LogP contribution in [0, 0.1) is 5.92 Å². The molecule has 3 unspecified atom stereocenters. The van der Waals surface area contributed by atoms with Crippen molar-refractivity contribution in [1.82, 2.24) is 0 Å². The van der Waals surface area contributed by atoms with Crippen LogP contribution in [0.15, 0.2) is 48.5 Å². The molecule has 3 aliphatic rings. The molecule has 2 aromatic rings. The second kappa shape index (κ2) is 6.99. The predicted molar refractivity (Wildman–Crippen MR) is 97.1 cm³/mol. The van der Waals surface area contributed by atoms with E-state index in [0.717, 1.165) is 11.1 Å². The lowest BCUT2D eigenvalue weighted by Gasteiger charge is -2.45. The first-order valence-electron chi connectivity index (χ1n) is 9.12. The predicted octanol–water partition coefficient (Wildman–Crippen LogP) is 4.24. The molecule has 11 heteroatoms. The van der Waals surface area contributed by atoms with Crippen molar-refractivity contribution in [3.63, 3.8) is 0 Å². The minimum absolute atomic E-state index is 0.0334. The highest BCUT2D eigenvalue weighted by molar-refractivity contribution is 7.86. The number of halogens is 5. The summed E-state index contributed by atoms with van der Waals surface area (Å²) in [6.45, 7) is 0. The van der Waals surface area contributed by atoms with Crippen molar-refractivity contribution < 1.29 is 44.5 Å². The summed E-state index contributed by atoms with van der Waals surface area (Å²) in [5, 5.41) is 0. The first-order chi connectivity index (χ1) is 14.4. The van der Waals surface area contributed by atoms with E-state index in [1.165, 1.54) is 0 Å². The molecule has 1 N–H and O–H groups in total. The Morgan fingerprint density at radius 1 is 0.968 bits per heavy atom. The van der Waals surface area contributed by atoms with Crippen molar-refractivity contribution in [2.75, 3.05) is 0 Å². The third-order valence-electron chi connectivity index (χ3n) is 5.80. The minimum Gasteiger partial charge on any atom is -0.416 e. The Morgan fingerprint density at radius 3 is 1.84 bits per heavy atom. The number of benzene rings is 2. The van der Waals surface area contributed by atoms with Gasteiger partial charge in [-0.05, 0) is 28.7 Å². The number of carbonyl (C=O) groups excluding carboxylic acids is 1. The first kappa shape index (κ1) is 21.7. The summed E-state index contributed by atoms with van der Waals surface area (Å²) in [6, 6.07) is 13.9. The molecular weight excluding hydrogens is 447 g/mol. The number of hydrogen-bond acceptors (Lipinski definition) is 4. The van der Waals surface area contributed by atoms with Crippen LogP contribution in [-0.4, -0.2) is 36.5 Å². The molecule has 0 heterocycles. The van der Waals surface area contributed by atoms with Crippen LogP contribution < -0.4 is 0 Å². The van der Waals surface area contributed by atoms with Crippen molar-refractivity contribution >= 4 is 16.1 Å². The van der Waals surface area contributed by atoms with Gasteiger partial charge in [-0.15, -0.1) is 0 Å². The summed E-state index contributed by atoms with van der Waals surface area (Å²) in [5.74, 6) is -9.80. The van der Waals surface area contributed by atoms with Crippen LogP contribution in [0.4, 0.5) is 22.0 Å². The van der Waals surface area contributed by atoms with Gasteiger partial charge in [0.1, 0.15) is 0 Å². The second-order valence-corrected chi connectivity index (χ2v) is 8.97. The van der Waals surface area contributed by atoms with Gasteiger partial charge in [0.25, 0.3) is 0 Å². The van der Waals surface area contributed by atoms with Crippen molar-refractivity contribution in [3.8, 4) is 0 Å². The molecule has 2 bridgehead atoms. The molecule has 0 radical (unpaired) electrons. The monoisotopic (exact) mass is 462 g/mol. The van der Waals surface area contributed by atoms with Crippen molar-refractivity contribution in [1.29, 1.82) is 0 Å². The van der Waals surface area contributed by atoms with Crippen LogP contribution in [0.5, 0.6) is 0 Å². The van der Waals surface area contributed by atoms with E-state index >= 15 is 0 Å². The van der Waals surface area contributed by atoms with Crippen molar-refractivity contribution in [2.45, 2.75) is 35.8 Å². The van der Waals surface area contributed by atoms with Gasteiger partial charge in [0, 0.05) is 11.8 Å². The maximum atomic E-state index is 14.5. The number of ether oxygens (including phenoxy) is 1. The number of hydrogen-bond donors (Lipinski definition) is 1. The molecule has 31 heavy (non-hydrogen) atoms. The number of alkyl halides is 5. The van der Waals surface area contributed by atoms with E-state index in [1.54, 1.807) is 36.4 Å². The highest BCUT2D eigenvalue weighted by Crippen LogP contribution is 2.56. The van der Waals surface area contributed by atoms with Gasteiger partial charge in [0.05, 0.1) is 5.92 Å². The van der Waals surface area contributed by atoms with Gasteiger partial charge in [-0.2, -0.15) is 26.0 Å². The summed E-state index contributed by atoms with van der Waals surface area (Å²) in [6.07, 6.45) is -6.28. The first-order valence-corrected chi connectivity index (χ1v) is 10.6. The Morgan fingerprint density at radius 2 is 1.42 bits per heavy atom. The second-order valence-electron chi connectivity index (χ2n) is 7.53. The lowest BCUT2D eigenvalue weighted by atomic mass is 9.59. The third kappa shape index (κ3) is 3.30. The van der Waals surface area contributed by atoms with Gasteiger partial charge in [-0.25, -0.2) is 4.39 Å². The molecule has 0 aromatic heterocycles. The van der Waals surface area contributed by atoms with E-state index in [9.17, 15) is 35.2 Å². The largest absolute Gasteiger partial charge is 0.464 e. The van der Waals surface area contributed by atoms with E-state index in [1.807, 2.05) is 12.1 Å². The number of rotatable bonds is 4. The quantitative estimate of drug-likeness (QED) is 0.418. The average molecular weight is 462 g/mol. The SMILES string of the molecule is O=C(OC(F)(C(F)S(=O)(=O)O)C(F)(F)F)C1CC2c3ccccc3C1c1ccccc12. The Hall–Kier alpha value is -2.53.